The van der Waals surface area contributed by atoms with E-state index in [9.17, 15) is 14.3 Å². The molecule has 9 heteroatoms. The number of likely N-dealkylation sites (N-methyl/N-ethyl adjacent to an activating group) is 1. The zero-order valence-electron chi connectivity index (χ0n) is 43.3. The third-order valence-electron chi connectivity index (χ3n) is 12.8. The van der Waals surface area contributed by atoms with E-state index in [-0.39, 0.29) is 31.7 Å². The molecule has 0 radical (unpaired) electrons. The van der Waals surface area contributed by atoms with Gasteiger partial charge in [-0.1, -0.05) is 258 Å². The molecule has 0 aliphatic carbocycles. The van der Waals surface area contributed by atoms with Crippen LogP contribution in [0, 0.1) is 5.92 Å². The van der Waals surface area contributed by atoms with E-state index in [1.54, 1.807) is 0 Å². The van der Waals surface area contributed by atoms with Gasteiger partial charge in [-0.15, -0.1) is 0 Å². The molecule has 0 aromatic carbocycles. The van der Waals surface area contributed by atoms with Crippen molar-refractivity contribution in [2.75, 3.05) is 54.1 Å². The van der Waals surface area contributed by atoms with Crippen LogP contribution in [0.3, 0.4) is 0 Å². The Balaban J connectivity index is 5.00. The van der Waals surface area contributed by atoms with E-state index >= 15 is 0 Å². The van der Waals surface area contributed by atoms with Crippen LogP contribution in [0.25, 0.3) is 0 Å². The summed E-state index contributed by atoms with van der Waals surface area (Å²) in [4.78, 5) is 24.2. The van der Waals surface area contributed by atoms with E-state index < -0.39 is 13.9 Å². The van der Waals surface area contributed by atoms with E-state index in [1.807, 2.05) is 21.1 Å². The molecule has 8 nitrogen and oxygen atoms in total. The maximum atomic E-state index is 13.7. The van der Waals surface area contributed by atoms with Gasteiger partial charge in [-0.3, -0.25) is 13.8 Å². The summed E-state index contributed by atoms with van der Waals surface area (Å²) in [5, 5.41) is 0. The fourth-order valence-electron chi connectivity index (χ4n) is 8.47. The van der Waals surface area contributed by atoms with Crippen molar-refractivity contribution in [3.63, 3.8) is 0 Å². The van der Waals surface area contributed by atoms with Gasteiger partial charge >= 0.3 is 13.8 Å². The summed E-state index contributed by atoms with van der Waals surface area (Å²) in [7, 11) is 1.74. The summed E-state index contributed by atoms with van der Waals surface area (Å²) in [5.74, 6) is -0.274. The van der Waals surface area contributed by atoms with Crippen LogP contribution >= 0.6 is 7.82 Å². The maximum absolute atomic E-state index is 13.7. The molecule has 0 aliphatic heterocycles. The van der Waals surface area contributed by atoms with E-state index in [0.717, 1.165) is 51.4 Å². The number of carbonyl (C=O) groups excluding carboxylic acids is 1. The number of esters is 1. The monoisotopic (exact) mass is 917 g/mol. The molecule has 0 aromatic rings. The Morgan fingerprint density at radius 2 is 0.762 bits per heavy atom. The van der Waals surface area contributed by atoms with Crippen molar-refractivity contribution in [3.05, 3.63) is 0 Å². The first-order valence-corrected chi connectivity index (χ1v) is 29.2. The Labute approximate surface area is 393 Å². The number of carbonyl (C=O) groups is 1. The van der Waals surface area contributed by atoms with Crippen LogP contribution in [-0.4, -0.2) is 75.6 Å². The Bertz CT molecular complexity index is 964. The molecule has 0 aliphatic rings. The average Bonchev–Trinajstić information content (AvgIpc) is 3.25. The van der Waals surface area contributed by atoms with Crippen LogP contribution in [0.5, 0.6) is 0 Å². The molecular formula is C54H111NO7P+. The van der Waals surface area contributed by atoms with Gasteiger partial charge in [0, 0.05) is 6.61 Å². The number of unbranched alkanes of at least 4 members (excludes halogenated alkanes) is 35. The van der Waals surface area contributed by atoms with Crippen molar-refractivity contribution in [2.24, 2.45) is 5.92 Å². The Morgan fingerprint density at radius 1 is 0.444 bits per heavy atom. The molecule has 378 valence electrons. The summed E-state index contributed by atoms with van der Waals surface area (Å²) in [6.07, 6.45) is 50.3. The zero-order valence-corrected chi connectivity index (χ0v) is 44.2. The largest absolute Gasteiger partial charge is 0.472 e. The Kier molecular flexibility index (Phi) is 46.2. The summed E-state index contributed by atoms with van der Waals surface area (Å²) in [6, 6.07) is 0. The van der Waals surface area contributed by atoms with Gasteiger partial charge in [0.05, 0.1) is 33.7 Å². The number of hydrogen-bond acceptors (Lipinski definition) is 6. The fraction of sp³-hybridized carbons (Fsp3) is 0.981. The molecule has 0 amide bonds. The highest BCUT2D eigenvalue weighted by Crippen LogP contribution is 2.43. The SMILES string of the molecule is CCCCCCCCCCCCCCCCO[C@@H](COC(=O)C(CCCCCCCCCCCCCC)CCCCCCCCCCCCCC)COP(=O)(O)OCC[N+](C)(C)C. The van der Waals surface area contributed by atoms with Gasteiger partial charge in [-0.2, -0.15) is 0 Å². The third kappa shape index (κ3) is 47.8. The summed E-state index contributed by atoms with van der Waals surface area (Å²) >= 11 is 0. The molecule has 1 N–H and O–H groups in total. The van der Waals surface area contributed by atoms with Gasteiger partial charge < -0.3 is 18.9 Å². The lowest BCUT2D eigenvalue weighted by Gasteiger charge is -2.24. The van der Waals surface area contributed by atoms with Crippen molar-refractivity contribution >= 4 is 13.8 Å². The molecule has 0 bridgehead atoms. The quantitative estimate of drug-likeness (QED) is 0.0281. The molecular weight excluding hydrogens is 806 g/mol. The molecule has 0 spiro atoms. The Morgan fingerprint density at radius 3 is 1.10 bits per heavy atom. The number of ether oxygens (including phenoxy) is 2. The lowest BCUT2D eigenvalue weighted by atomic mass is 9.94. The molecule has 0 rings (SSSR count). The highest BCUT2D eigenvalue weighted by atomic mass is 31.2. The second-order valence-electron chi connectivity index (χ2n) is 20.4. The molecule has 0 heterocycles. The Hall–Kier alpha value is -0.500. The van der Waals surface area contributed by atoms with Gasteiger partial charge in [-0.05, 0) is 19.3 Å². The highest BCUT2D eigenvalue weighted by molar-refractivity contribution is 7.47. The van der Waals surface area contributed by atoms with Crippen LogP contribution < -0.4 is 0 Å². The molecule has 0 aromatic heterocycles. The van der Waals surface area contributed by atoms with Crippen LogP contribution in [0.2, 0.25) is 0 Å². The molecule has 63 heavy (non-hydrogen) atoms. The average molecular weight is 917 g/mol. The summed E-state index contributed by atoms with van der Waals surface area (Å²) < 4.78 is 36.3. The number of hydrogen-bond donors (Lipinski definition) is 1. The van der Waals surface area contributed by atoms with Crippen molar-refractivity contribution in [1.29, 1.82) is 0 Å². The van der Waals surface area contributed by atoms with Crippen LogP contribution in [0.1, 0.15) is 278 Å². The van der Waals surface area contributed by atoms with Crippen LogP contribution in [0.4, 0.5) is 0 Å². The van der Waals surface area contributed by atoms with Gasteiger partial charge in [-0.25, -0.2) is 4.57 Å². The van der Waals surface area contributed by atoms with Gasteiger partial charge in [0.25, 0.3) is 0 Å². The van der Waals surface area contributed by atoms with Crippen molar-refractivity contribution in [2.45, 2.75) is 284 Å². The number of phosphoric ester groups is 1. The van der Waals surface area contributed by atoms with E-state index in [4.69, 9.17) is 18.5 Å². The van der Waals surface area contributed by atoms with Gasteiger partial charge in [0.2, 0.25) is 0 Å². The lowest BCUT2D eigenvalue weighted by molar-refractivity contribution is -0.870. The molecule has 0 fully saturated rings. The maximum Gasteiger partial charge on any atom is 0.472 e. The third-order valence-corrected chi connectivity index (χ3v) is 13.8. The second kappa shape index (κ2) is 46.6. The fourth-order valence-corrected chi connectivity index (χ4v) is 9.21. The normalized spacial score (nSPS) is 13.5. The van der Waals surface area contributed by atoms with Gasteiger partial charge in [0.15, 0.2) is 0 Å². The van der Waals surface area contributed by atoms with Crippen molar-refractivity contribution < 1.29 is 37.3 Å². The standard InChI is InChI=1S/C54H110NO7P/c1-7-10-13-16-19-22-25-28-29-32-35-38-41-44-48-59-53(51-62-63(57,58)61-49-47-55(4,5)6)50-60-54(56)52(45-42-39-36-33-30-26-23-20-17-14-11-8-2)46-43-40-37-34-31-27-24-21-18-15-12-9-3/h52-53H,7-51H2,1-6H3/p+1/t53-/m0/s1. The molecule has 0 saturated carbocycles. The first-order valence-electron chi connectivity index (χ1n) is 27.7. The number of rotatable bonds is 52. The molecule has 0 saturated heterocycles. The first kappa shape index (κ1) is 62.5. The lowest BCUT2D eigenvalue weighted by Crippen LogP contribution is -2.37. The number of nitrogens with zero attached hydrogens (tertiary/aromatic N) is 1. The minimum absolute atomic E-state index is 0.0176. The minimum atomic E-state index is -4.28. The van der Waals surface area contributed by atoms with E-state index in [1.165, 1.54) is 205 Å². The van der Waals surface area contributed by atoms with Crippen LogP contribution in [-0.2, 0) is 27.9 Å². The summed E-state index contributed by atoms with van der Waals surface area (Å²) in [6.45, 7) is 7.87. The van der Waals surface area contributed by atoms with E-state index in [2.05, 4.69) is 20.8 Å². The number of phosphoric acid groups is 1. The highest BCUT2D eigenvalue weighted by Gasteiger charge is 2.27. The van der Waals surface area contributed by atoms with E-state index in [0.29, 0.717) is 17.6 Å². The predicted molar refractivity (Wildman–Crippen MR) is 271 cm³/mol. The molecule has 1 unspecified atom stereocenters. The summed E-state index contributed by atoms with van der Waals surface area (Å²) in [5.41, 5.74) is 0. The first-order chi connectivity index (χ1) is 30.5. The topological polar surface area (TPSA) is 91.3 Å². The predicted octanol–water partition coefficient (Wildman–Crippen LogP) is 17.0. The van der Waals surface area contributed by atoms with Crippen molar-refractivity contribution in [3.8, 4) is 0 Å². The van der Waals surface area contributed by atoms with Crippen molar-refractivity contribution in [1.82, 2.24) is 0 Å². The zero-order chi connectivity index (χ0) is 46.4. The van der Waals surface area contributed by atoms with Gasteiger partial charge in [0.1, 0.15) is 25.9 Å². The minimum Gasteiger partial charge on any atom is -0.463 e. The number of quaternary nitrogens is 1. The smallest absolute Gasteiger partial charge is 0.463 e. The second-order valence-corrected chi connectivity index (χ2v) is 21.8. The van der Waals surface area contributed by atoms with Crippen LogP contribution in [0.15, 0.2) is 0 Å². The molecule has 2 atom stereocenters.